The highest BCUT2D eigenvalue weighted by atomic mass is 32.3. The molecule has 8 aromatic carbocycles. The maximum absolute atomic E-state index is 6.79. The first kappa shape index (κ1) is 36.1. The highest BCUT2D eigenvalue weighted by Gasteiger charge is 2.54. The Bertz CT molecular complexity index is 3490. The molecule has 5 heteroatoms. The minimum absolute atomic E-state index is 0.0613. The van der Waals surface area contributed by atoms with Crippen molar-refractivity contribution in [2.45, 2.75) is 84.8 Å². The highest BCUT2D eigenvalue weighted by molar-refractivity contribution is 8.34. The fourth-order valence-electron chi connectivity index (χ4n) is 12.6. The number of furan rings is 1. The van der Waals surface area contributed by atoms with Gasteiger partial charge in [0.15, 0.2) is 0 Å². The molecule has 3 nitrogen and oxygen atoms in total. The van der Waals surface area contributed by atoms with Crippen LogP contribution >= 0.6 is 10.0 Å². The molecule has 0 bridgehead atoms. The maximum atomic E-state index is 6.79. The van der Waals surface area contributed by atoms with Gasteiger partial charge in [-0.2, -0.15) is 0 Å². The Morgan fingerprint density at radius 2 is 1.14 bits per heavy atom. The van der Waals surface area contributed by atoms with Crippen LogP contribution in [0.3, 0.4) is 0 Å². The number of hydrogen-bond acceptors (Lipinski definition) is 3. The molecule has 304 valence electrons. The van der Waals surface area contributed by atoms with Gasteiger partial charge in [-0.15, -0.1) is 10.0 Å². The number of para-hydroxylation sites is 3. The van der Waals surface area contributed by atoms with Crippen LogP contribution in [0.1, 0.15) is 62.8 Å². The van der Waals surface area contributed by atoms with Crippen molar-refractivity contribution in [3.8, 4) is 22.3 Å². The zero-order chi connectivity index (χ0) is 42.3. The van der Waals surface area contributed by atoms with Crippen LogP contribution < -0.4 is 20.6 Å². The van der Waals surface area contributed by atoms with Gasteiger partial charge in [-0.1, -0.05) is 125 Å². The van der Waals surface area contributed by atoms with Crippen LogP contribution in [-0.4, -0.2) is 6.85 Å². The maximum Gasteiger partial charge on any atom is 0.333 e. The molecule has 0 saturated carbocycles. The van der Waals surface area contributed by atoms with E-state index in [0.29, 0.717) is 0 Å². The van der Waals surface area contributed by atoms with Gasteiger partial charge in [0.25, 0.3) is 0 Å². The van der Waals surface area contributed by atoms with E-state index in [1.807, 2.05) is 0 Å². The third-order valence-corrected chi connectivity index (χ3v) is 19.6. The fraction of sp³-hybridized carbons (Fsp3) is 0.172. The molecule has 9 aromatic rings. The first-order valence-corrected chi connectivity index (χ1v) is 24.3. The lowest BCUT2D eigenvalue weighted by Crippen LogP contribution is -2.62. The second-order valence-corrected chi connectivity index (χ2v) is 23.0. The van der Waals surface area contributed by atoms with Crippen molar-refractivity contribution in [2.24, 2.45) is 0 Å². The molecular weight excluding hydrogens is 784 g/mol. The minimum Gasteiger partial charge on any atom is -0.456 e. The van der Waals surface area contributed by atoms with E-state index in [4.69, 9.17) is 4.42 Å². The number of rotatable bonds is 1. The lowest BCUT2D eigenvalue weighted by molar-refractivity contribution is 0.332. The molecule has 0 saturated heterocycles. The summed E-state index contributed by atoms with van der Waals surface area (Å²) in [6.07, 6.45) is 2.36. The van der Waals surface area contributed by atoms with Gasteiger partial charge in [0, 0.05) is 64.7 Å². The van der Waals surface area contributed by atoms with Crippen LogP contribution in [0.15, 0.2) is 176 Å². The summed E-state index contributed by atoms with van der Waals surface area (Å²) in [6, 6.07) is 58.6. The van der Waals surface area contributed by atoms with Crippen molar-refractivity contribution < 1.29 is 4.42 Å². The number of fused-ring (bicyclic) bond motifs is 17. The first-order valence-electron chi connectivity index (χ1n) is 22.7. The zero-order valence-corrected chi connectivity index (χ0v) is 37.5. The Labute approximate surface area is 371 Å². The van der Waals surface area contributed by atoms with Gasteiger partial charge in [-0.3, -0.25) is 0 Å². The van der Waals surface area contributed by atoms with Gasteiger partial charge >= 0.3 is 6.85 Å². The Morgan fingerprint density at radius 1 is 0.508 bits per heavy atom. The Balaban J connectivity index is 1.13. The fourth-order valence-corrected chi connectivity index (χ4v) is 17.1. The summed E-state index contributed by atoms with van der Waals surface area (Å²) in [5.41, 5.74) is 21.9. The molecule has 14 rings (SSSR count). The van der Waals surface area contributed by atoms with Crippen LogP contribution in [0.5, 0.6) is 0 Å². The van der Waals surface area contributed by atoms with Gasteiger partial charge in [0.2, 0.25) is 0 Å². The van der Waals surface area contributed by atoms with Crippen molar-refractivity contribution in [1.29, 1.82) is 0 Å². The largest absolute Gasteiger partial charge is 0.456 e. The molecule has 0 amide bonds. The van der Waals surface area contributed by atoms with E-state index in [9.17, 15) is 0 Å². The normalized spacial score (nSPS) is 17.7. The van der Waals surface area contributed by atoms with E-state index in [0.717, 1.165) is 21.9 Å². The quantitative estimate of drug-likeness (QED) is 0.154. The molecular formula is C58H47BN2OS. The third-order valence-electron chi connectivity index (χ3n) is 15.6. The van der Waals surface area contributed by atoms with Crippen LogP contribution in [0.2, 0.25) is 0 Å². The Morgan fingerprint density at radius 3 is 1.90 bits per heavy atom. The molecule has 4 aliphatic heterocycles. The highest BCUT2D eigenvalue weighted by Crippen LogP contribution is 2.84. The molecule has 0 N–H and O–H groups in total. The average molecular weight is 831 g/mol. The Hall–Kier alpha value is -6.43. The molecule has 0 unspecified atom stereocenters. The lowest BCUT2D eigenvalue weighted by Gasteiger charge is -2.54. The standard InChI is InChI=1S/C58H47BN2OS/c1-34-28-41-39-19-15-25-54-56(39)61(45-20-10-14-24-53(45)63(54)51-22-12-8-17-37(51)38-18-9-13-23-52(38)63)59-44-31-40-36-16-7-11-21-49(36)62-50(40)33-47(44)60(48(29-34)55(41)59)46-32-43-42(30-35(46)2)57(3,4)26-27-58(43,5)6/h7-25,28-33H,26-27H2,1-6H3. The molecule has 1 aromatic heterocycles. The topological polar surface area (TPSA) is 19.6 Å². The second kappa shape index (κ2) is 12.0. The zero-order valence-electron chi connectivity index (χ0n) is 36.6. The summed E-state index contributed by atoms with van der Waals surface area (Å²) in [6.45, 7) is 14.3. The molecule has 63 heavy (non-hydrogen) atoms. The van der Waals surface area contributed by atoms with E-state index in [-0.39, 0.29) is 17.7 Å². The summed E-state index contributed by atoms with van der Waals surface area (Å²) < 4.78 is 6.79. The molecule has 5 heterocycles. The van der Waals surface area contributed by atoms with Crippen molar-refractivity contribution in [3.05, 3.63) is 174 Å². The number of benzene rings is 8. The number of anilines is 5. The predicted octanol–water partition coefficient (Wildman–Crippen LogP) is 14.9. The van der Waals surface area contributed by atoms with Crippen LogP contribution in [0, 0.1) is 13.8 Å². The minimum atomic E-state index is -1.86. The van der Waals surface area contributed by atoms with Crippen LogP contribution in [-0.2, 0) is 10.8 Å². The predicted molar refractivity (Wildman–Crippen MR) is 265 cm³/mol. The molecule has 0 radical (unpaired) electrons. The SMILES string of the molecule is Cc1cc2c3c(c1)N(c1cc4c(cc1C)C(C)(C)CCC4(C)C)c1cc4oc5ccccc5c4cc1B3N1c3ccccc3S3(c4ccccc4-c4ccccc43)c3cccc-2c31. The first-order chi connectivity index (χ1) is 30.6. The molecule has 5 aliphatic rings. The molecule has 1 aliphatic carbocycles. The number of aryl methyl sites for hydroxylation is 2. The monoisotopic (exact) mass is 830 g/mol. The average Bonchev–Trinajstić information content (AvgIpc) is 3.80. The molecule has 1 spiro atoms. The van der Waals surface area contributed by atoms with Gasteiger partial charge in [-0.25, -0.2) is 0 Å². The summed E-state index contributed by atoms with van der Waals surface area (Å²) in [4.78, 5) is 11.1. The van der Waals surface area contributed by atoms with Crippen LogP contribution in [0.4, 0.5) is 28.4 Å². The lowest BCUT2D eigenvalue weighted by atomic mass is 9.43. The number of hydrogen-bond donors (Lipinski definition) is 0. The third kappa shape index (κ3) is 4.39. The molecule has 0 atom stereocenters. The smallest absolute Gasteiger partial charge is 0.333 e. The van der Waals surface area contributed by atoms with Crippen molar-refractivity contribution >= 4 is 78.2 Å². The summed E-state index contributed by atoms with van der Waals surface area (Å²) in [7, 11) is -1.86. The van der Waals surface area contributed by atoms with E-state index >= 15 is 0 Å². The second-order valence-electron chi connectivity index (χ2n) is 20.0. The van der Waals surface area contributed by atoms with Crippen molar-refractivity contribution in [3.63, 3.8) is 0 Å². The van der Waals surface area contributed by atoms with E-state index in [1.165, 1.54) is 116 Å². The van der Waals surface area contributed by atoms with Gasteiger partial charge in [0.1, 0.15) is 11.2 Å². The van der Waals surface area contributed by atoms with Crippen molar-refractivity contribution in [1.82, 2.24) is 0 Å². The van der Waals surface area contributed by atoms with Gasteiger partial charge in [0.05, 0.1) is 5.69 Å². The van der Waals surface area contributed by atoms with Crippen molar-refractivity contribution in [2.75, 3.05) is 9.71 Å². The number of nitrogens with zero attached hydrogens (tertiary/aromatic N) is 2. The van der Waals surface area contributed by atoms with Gasteiger partial charge in [-0.05, 0) is 136 Å². The molecule has 0 fully saturated rings. The van der Waals surface area contributed by atoms with Crippen LogP contribution in [0.25, 0.3) is 44.2 Å². The van der Waals surface area contributed by atoms with Gasteiger partial charge < -0.3 is 14.1 Å². The van der Waals surface area contributed by atoms with E-state index < -0.39 is 10.0 Å². The summed E-state index contributed by atoms with van der Waals surface area (Å²) in [5, 5.41) is 2.32. The van der Waals surface area contributed by atoms with E-state index in [1.54, 1.807) is 0 Å². The summed E-state index contributed by atoms with van der Waals surface area (Å²) >= 11 is 0. The summed E-state index contributed by atoms with van der Waals surface area (Å²) in [5.74, 6) is 0. The van der Waals surface area contributed by atoms with E-state index in [2.05, 4.69) is 203 Å². The Kier molecular flexibility index (Phi) is 6.86.